The van der Waals surface area contributed by atoms with Crippen molar-refractivity contribution in [3.05, 3.63) is 65.7 Å². The molecule has 0 spiro atoms. The van der Waals surface area contributed by atoms with Crippen molar-refractivity contribution in [1.82, 2.24) is 5.32 Å². The second-order valence-corrected chi connectivity index (χ2v) is 5.83. The molecular weight excluding hydrogens is 302 g/mol. The van der Waals surface area contributed by atoms with E-state index >= 15 is 0 Å². The van der Waals surface area contributed by atoms with Gasteiger partial charge in [-0.1, -0.05) is 42.5 Å². The van der Waals surface area contributed by atoms with Crippen LogP contribution in [0.2, 0.25) is 0 Å². The number of anilines is 1. The van der Waals surface area contributed by atoms with Crippen LogP contribution >= 0.6 is 0 Å². The van der Waals surface area contributed by atoms with Gasteiger partial charge in [-0.2, -0.15) is 0 Å². The van der Waals surface area contributed by atoms with Crippen LogP contribution in [0.5, 0.6) is 0 Å². The predicted octanol–water partition coefficient (Wildman–Crippen LogP) is 2.39. The second-order valence-electron chi connectivity index (χ2n) is 5.83. The zero-order valence-corrected chi connectivity index (χ0v) is 14.0. The zero-order valence-electron chi connectivity index (χ0n) is 14.0. The van der Waals surface area contributed by atoms with E-state index in [2.05, 4.69) is 10.6 Å². The van der Waals surface area contributed by atoms with Gasteiger partial charge in [-0.25, -0.2) is 0 Å². The third-order valence-corrected chi connectivity index (χ3v) is 3.70. The minimum Gasteiger partial charge on any atom is -0.348 e. The molecule has 4 N–H and O–H groups in total. The molecule has 0 saturated heterocycles. The van der Waals surface area contributed by atoms with E-state index in [0.717, 1.165) is 11.1 Å². The van der Waals surface area contributed by atoms with E-state index in [4.69, 9.17) is 5.73 Å². The number of carbonyl (C=O) groups excluding carboxylic acids is 2. The molecule has 2 aromatic rings. The molecule has 24 heavy (non-hydrogen) atoms. The smallest absolute Gasteiger partial charge is 0.237 e. The lowest BCUT2D eigenvalue weighted by Crippen LogP contribution is -2.42. The van der Waals surface area contributed by atoms with Crippen molar-refractivity contribution in [2.45, 2.75) is 32.4 Å². The summed E-state index contributed by atoms with van der Waals surface area (Å²) in [4.78, 5) is 23.4. The highest BCUT2D eigenvalue weighted by molar-refractivity contribution is 5.88. The van der Waals surface area contributed by atoms with E-state index in [9.17, 15) is 9.59 Å². The molecule has 0 aromatic heterocycles. The van der Waals surface area contributed by atoms with Gasteiger partial charge in [0.2, 0.25) is 11.8 Å². The number of nitrogens with two attached hydrogens (primary N) is 1. The third-order valence-electron chi connectivity index (χ3n) is 3.70. The lowest BCUT2D eigenvalue weighted by Gasteiger charge is -2.18. The van der Waals surface area contributed by atoms with Crippen LogP contribution in [-0.2, 0) is 16.0 Å². The van der Waals surface area contributed by atoms with Gasteiger partial charge < -0.3 is 16.4 Å². The Bertz CT molecular complexity index is 701. The molecule has 0 bridgehead atoms. The molecule has 0 radical (unpaired) electrons. The number of hydrogen-bond donors (Lipinski definition) is 3. The molecule has 5 nitrogen and oxygen atoms in total. The fourth-order valence-electron chi connectivity index (χ4n) is 2.45. The Kier molecular flexibility index (Phi) is 6.09. The molecule has 126 valence electrons. The van der Waals surface area contributed by atoms with Crippen LogP contribution in [0.25, 0.3) is 0 Å². The lowest BCUT2D eigenvalue weighted by molar-refractivity contribution is -0.123. The molecule has 5 heteroatoms. The Labute approximate surface area is 142 Å². The van der Waals surface area contributed by atoms with Crippen LogP contribution in [0.15, 0.2) is 54.6 Å². The molecule has 2 atom stereocenters. The van der Waals surface area contributed by atoms with E-state index in [1.165, 1.54) is 6.92 Å². The summed E-state index contributed by atoms with van der Waals surface area (Å²) in [6.07, 6.45) is 0.491. The highest BCUT2D eigenvalue weighted by Crippen LogP contribution is 2.17. The summed E-state index contributed by atoms with van der Waals surface area (Å²) < 4.78 is 0. The minimum absolute atomic E-state index is 0.131. The van der Waals surface area contributed by atoms with E-state index in [1.54, 1.807) is 6.07 Å². The van der Waals surface area contributed by atoms with E-state index < -0.39 is 6.04 Å². The first-order valence-corrected chi connectivity index (χ1v) is 7.93. The summed E-state index contributed by atoms with van der Waals surface area (Å²) >= 11 is 0. The van der Waals surface area contributed by atoms with Crippen molar-refractivity contribution >= 4 is 17.5 Å². The number of carbonyl (C=O) groups is 2. The summed E-state index contributed by atoms with van der Waals surface area (Å²) in [5.41, 5.74) is 8.64. The van der Waals surface area contributed by atoms with Crippen LogP contribution in [-0.4, -0.2) is 17.9 Å². The van der Waals surface area contributed by atoms with Crippen LogP contribution in [0, 0.1) is 0 Å². The van der Waals surface area contributed by atoms with E-state index in [0.29, 0.717) is 12.1 Å². The van der Waals surface area contributed by atoms with Gasteiger partial charge in [0, 0.05) is 12.6 Å². The maximum atomic E-state index is 12.3. The molecule has 0 fully saturated rings. The van der Waals surface area contributed by atoms with Gasteiger partial charge in [0.25, 0.3) is 0 Å². The summed E-state index contributed by atoms with van der Waals surface area (Å²) in [5.74, 6) is -0.329. The largest absolute Gasteiger partial charge is 0.348 e. The van der Waals surface area contributed by atoms with Gasteiger partial charge in [-0.05, 0) is 36.6 Å². The zero-order chi connectivity index (χ0) is 17.5. The Balaban J connectivity index is 1.96. The molecule has 2 rings (SSSR count). The van der Waals surface area contributed by atoms with Crippen LogP contribution in [0.3, 0.4) is 0 Å². The van der Waals surface area contributed by atoms with E-state index in [-0.39, 0.29) is 17.9 Å². The van der Waals surface area contributed by atoms with Gasteiger partial charge in [-0.3, -0.25) is 9.59 Å². The summed E-state index contributed by atoms with van der Waals surface area (Å²) in [6, 6.07) is 16.3. The molecule has 0 aliphatic carbocycles. The van der Waals surface area contributed by atoms with Crippen LogP contribution in [0.4, 0.5) is 5.69 Å². The quantitative estimate of drug-likeness (QED) is 0.762. The van der Waals surface area contributed by atoms with Crippen molar-refractivity contribution in [3.8, 4) is 0 Å². The highest BCUT2D eigenvalue weighted by Gasteiger charge is 2.17. The van der Waals surface area contributed by atoms with Crippen molar-refractivity contribution in [1.29, 1.82) is 0 Å². The number of amides is 2. The molecular formula is C19H23N3O2. The maximum absolute atomic E-state index is 12.3. The first-order chi connectivity index (χ1) is 11.5. The maximum Gasteiger partial charge on any atom is 0.237 e. The summed E-state index contributed by atoms with van der Waals surface area (Å²) in [7, 11) is 0. The molecule has 0 heterocycles. The second kappa shape index (κ2) is 8.26. The van der Waals surface area contributed by atoms with Gasteiger partial charge in [0.15, 0.2) is 0 Å². The topological polar surface area (TPSA) is 84.2 Å². The van der Waals surface area contributed by atoms with Gasteiger partial charge in [0.05, 0.1) is 12.1 Å². The number of hydrogen-bond acceptors (Lipinski definition) is 3. The van der Waals surface area contributed by atoms with Crippen molar-refractivity contribution < 1.29 is 9.59 Å². The van der Waals surface area contributed by atoms with E-state index in [1.807, 2.05) is 55.5 Å². The van der Waals surface area contributed by atoms with Gasteiger partial charge in [-0.15, -0.1) is 0 Å². The Hall–Kier alpha value is -2.66. The monoisotopic (exact) mass is 325 g/mol. The lowest BCUT2D eigenvalue weighted by atomic mass is 10.0. The van der Waals surface area contributed by atoms with Crippen LogP contribution in [0.1, 0.15) is 31.0 Å². The minimum atomic E-state index is -0.603. The van der Waals surface area contributed by atoms with Gasteiger partial charge in [0.1, 0.15) is 0 Å². The SMILES string of the molecule is CC(=O)Nc1cccc(C(C)NC(=O)[C@@H](N)Cc2ccccc2)c1. The summed E-state index contributed by atoms with van der Waals surface area (Å²) in [6.45, 7) is 3.35. The van der Waals surface area contributed by atoms with Crippen molar-refractivity contribution in [3.63, 3.8) is 0 Å². The molecule has 2 amide bonds. The Morgan fingerprint density at radius 2 is 1.79 bits per heavy atom. The van der Waals surface area contributed by atoms with Crippen molar-refractivity contribution in [2.24, 2.45) is 5.73 Å². The first-order valence-electron chi connectivity index (χ1n) is 7.93. The van der Waals surface area contributed by atoms with Crippen LogP contribution < -0.4 is 16.4 Å². The third kappa shape index (κ3) is 5.21. The Morgan fingerprint density at radius 3 is 2.46 bits per heavy atom. The average Bonchev–Trinajstić information content (AvgIpc) is 2.55. The first kappa shape index (κ1) is 17.7. The number of nitrogens with one attached hydrogen (secondary N) is 2. The normalized spacial score (nSPS) is 13.0. The number of rotatable bonds is 6. The highest BCUT2D eigenvalue weighted by atomic mass is 16.2. The molecule has 0 saturated carbocycles. The Morgan fingerprint density at radius 1 is 1.08 bits per heavy atom. The molecule has 1 unspecified atom stereocenters. The fourth-order valence-corrected chi connectivity index (χ4v) is 2.45. The summed E-state index contributed by atoms with van der Waals surface area (Å²) in [5, 5.41) is 5.65. The molecule has 0 aliphatic rings. The predicted molar refractivity (Wildman–Crippen MR) is 95.4 cm³/mol. The molecule has 0 aliphatic heterocycles. The van der Waals surface area contributed by atoms with Gasteiger partial charge >= 0.3 is 0 Å². The number of benzene rings is 2. The average molecular weight is 325 g/mol. The standard InChI is InChI=1S/C19H23N3O2/c1-13(16-9-6-10-17(12-16)22-14(2)23)21-19(24)18(20)11-15-7-4-3-5-8-15/h3-10,12-13,18H,11,20H2,1-2H3,(H,21,24)(H,22,23)/t13?,18-/m0/s1. The molecule has 2 aromatic carbocycles. The van der Waals surface area contributed by atoms with Crippen molar-refractivity contribution in [2.75, 3.05) is 5.32 Å². The fraction of sp³-hybridized carbons (Fsp3) is 0.263.